The molecule has 0 saturated carbocycles. The zero-order chi connectivity index (χ0) is 17.8. The van der Waals surface area contributed by atoms with Gasteiger partial charge in [-0.3, -0.25) is 0 Å². The minimum atomic E-state index is 0.522. The molecule has 0 heterocycles. The van der Waals surface area contributed by atoms with Crippen LogP contribution in [0.1, 0.15) is 38.8 Å². The van der Waals surface area contributed by atoms with E-state index in [-0.39, 0.29) is 0 Å². The average molecular weight is 357 g/mol. The number of rotatable bonds is 13. The van der Waals surface area contributed by atoms with E-state index in [1.165, 1.54) is 11.1 Å². The van der Waals surface area contributed by atoms with Gasteiger partial charge in [0.2, 0.25) is 0 Å². The molecule has 3 nitrogen and oxygen atoms in total. The molecule has 4 heteroatoms. The zero-order valence-corrected chi connectivity index (χ0v) is 16.4. The summed E-state index contributed by atoms with van der Waals surface area (Å²) in [7, 11) is 0. The molecule has 0 atom stereocenters. The fraction of sp³-hybridized carbons (Fsp3) is 0.700. The summed E-state index contributed by atoms with van der Waals surface area (Å²) in [5.41, 5.74) is 2.62. The predicted octanol–water partition coefficient (Wildman–Crippen LogP) is 4.73. The highest BCUT2D eigenvalue weighted by atomic mass is 35.5. The first kappa shape index (κ1) is 21.3. The molecule has 0 unspecified atom stereocenters. The van der Waals surface area contributed by atoms with Gasteiger partial charge < -0.3 is 14.2 Å². The molecule has 0 aromatic heterocycles. The molecule has 0 aliphatic heterocycles. The quantitative estimate of drug-likeness (QED) is 0.377. The van der Waals surface area contributed by atoms with Crippen molar-refractivity contribution >= 4 is 11.6 Å². The monoisotopic (exact) mass is 356 g/mol. The summed E-state index contributed by atoms with van der Waals surface area (Å²) in [6, 6.07) is 6.64. The van der Waals surface area contributed by atoms with Crippen molar-refractivity contribution in [3.63, 3.8) is 0 Å². The van der Waals surface area contributed by atoms with Crippen LogP contribution in [-0.4, -0.2) is 38.9 Å². The van der Waals surface area contributed by atoms with Crippen molar-refractivity contribution in [1.82, 2.24) is 0 Å². The zero-order valence-electron chi connectivity index (χ0n) is 15.6. The summed E-state index contributed by atoms with van der Waals surface area (Å²) in [5, 5.41) is 0. The number of ether oxygens (including phenoxy) is 3. The topological polar surface area (TPSA) is 27.7 Å². The molecular weight excluding hydrogens is 324 g/mol. The molecule has 1 aromatic carbocycles. The Morgan fingerprint density at radius 1 is 0.833 bits per heavy atom. The van der Waals surface area contributed by atoms with Gasteiger partial charge in [-0.05, 0) is 41.9 Å². The SMILES string of the molecule is CC(C)Cc1ccc(CC(C)C)c(OCCOCCOCCCl)c1. The fourth-order valence-corrected chi connectivity index (χ4v) is 2.64. The lowest BCUT2D eigenvalue weighted by atomic mass is 9.97. The van der Waals surface area contributed by atoms with Gasteiger partial charge in [0.1, 0.15) is 12.4 Å². The van der Waals surface area contributed by atoms with Crippen molar-refractivity contribution in [3.05, 3.63) is 29.3 Å². The van der Waals surface area contributed by atoms with Crippen molar-refractivity contribution < 1.29 is 14.2 Å². The summed E-state index contributed by atoms with van der Waals surface area (Å²) >= 11 is 5.54. The van der Waals surface area contributed by atoms with Crippen LogP contribution in [0.3, 0.4) is 0 Å². The van der Waals surface area contributed by atoms with Gasteiger partial charge >= 0.3 is 0 Å². The Balaban J connectivity index is 2.47. The minimum absolute atomic E-state index is 0.522. The number of hydrogen-bond acceptors (Lipinski definition) is 3. The van der Waals surface area contributed by atoms with E-state index in [2.05, 4.69) is 45.9 Å². The highest BCUT2D eigenvalue weighted by Crippen LogP contribution is 2.25. The fourth-order valence-electron chi connectivity index (χ4n) is 2.53. The lowest BCUT2D eigenvalue weighted by Crippen LogP contribution is -2.12. The molecule has 0 saturated heterocycles. The third kappa shape index (κ3) is 9.51. The Kier molecular flexibility index (Phi) is 11.1. The normalized spacial score (nSPS) is 11.5. The maximum atomic E-state index is 6.00. The van der Waals surface area contributed by atoms with Crippen molar-refractivity contribution in [1.29, 1.82) is 0 Å². The molecule has 0 radical (unpaired) electrons. The van der Waals surface area contributed by atoms with Crippen LogP contribution in [0.2, 0.25) is 0 Å². The molecule has 1 rings (SSSR count). The lowest BCUT2D eigenvalue weighted by molar-refractivity contribution is 0.0409. The van der Waals surface area contributed by atoms with Crippen LogP contribution < -0.4 is 4.74 Å². The van der Waals surface area contributed by atoms with Gasteiger partial charge in [-0.2, -0.15) is 0 Å². The van der Waals surface area contributed by atoms with Gasteiger partial charge in [-0.25, -0.2) is 0 Å². The van der Waals surface area contributed by atoms with E-state index >= 15 is 0 Å². The highest BCUT2D eigenvalue weighted by Gasteiger charge is 2.09. The van der Waals surface area contributed by atoms with Gasteiger partial charge in [0, 0.05) is 5.88 Å². The molecule has 0 aliphatic carbocycles. The summed E-state index contributed by atoms with van der Waals surface area (Å²) in [5.74, 6) is 2.78. The molecule has 0 amide bonds. The van der Waals surface area contributed by atoms with E-state index in [0.29, 0.717) is 50.8 Å². The Morgan fingerprint density at radius 3 is 2.08 bits per heavy atom. The van der Waals surface area contributed by atoms with Gasteiger partial charge in [0.05, 0.1) is 26.4 Å². The Morgan fingerprint density at radius 2 is 1.46 bits per heavy atom. The summed E-state index contributed by atoms with van der Waals surface area (Å²) < 4.78 is 16.8. The predicted molar refractivity (Wildman–Crippen MR) is 101 cm³/mol. The maximum Gasteiger partial charge on any atom is 0.122 e. The van der Waals surface area contributed by atoms with Crippen molar-refractivity contribution in [2.24, 2.45) is 11.8 Å². The molecule has 0 N–H and O–H groups in total. The van der Waals surface area contributed by atoms with Crippen molar-refractivity contribution in [2.45, 2.75) is 40.5 Å². The summed E-state index contributed by atoms with van der Waals surface area (Å²) in [4.78, 5) is 0. The molecule has 24 heavy (non-hydrogen) atoms. The van der Waals surface area contributed by atoms with E-state index in [1.54, 1.807) is 0 Å². The van der Waals surface area contributed by atoms with Crippen molar-refractivity contribution in [2.75, 3.05) is 38.9 Å². The number of alkyl halides is 1. The van der Waals surface area contributed by atoms with Crippen molar-refractivity contribution in [3.8, 4) is 5.75 Å². The van der Waals surface area contributed by atoms with E-state index in [9.17, 15) is 0 Å². The molecule has 0 spiro atoms. The second-order valence-corrected chi connectivity index (χ2v) is 7.28. The van der Waals surface area contributed by atoms with E-state index < -0.39 is 0 Å². The summed E-state index contributed by atoms with van der Waals surface area (Å²) in [6.45, 7) is 11.8. The molecular formula is C20H33ClO3. The average Bonchev–Trinajstić information content (AvgIpc) is 2.51. The van der Waals surface area contributed by atoms with Crippen LogP contribution in [0.15, 0.2) is 18.2 Å². The van der Waals surface area contributed by atoms with E-state index in [0.717, 1.165) is 18.6 Å². The van der Waals surface area contributed by atoms with Crippen LogP contribution in [-0.2, 0) is 22.3 Å². The van der Waals surface area contributed by atoms with E-state index in [4.69, 9.17) is 25.8 Å². The minimum Gasteiger partial charge on any atom is -0.491 e. The first-order valence-electron chi connectivity index (χ1n) is 8.99. The number of benzene rings is 1. The maximum absolute atomic E-state index is 6.00. The van der Waals surface area contributed by atoms with Gasteiger partial charge in [0.25, 0.3) is 0 Å². The van der Waals surface area contributed by atoms with Crippen LogP contribution >= 0.6 is 11.6 Å². The standard InChI is InChI=1S/C20H33ClO3/c1-16(2)13-18-5-6-19(14-17(3)4)20(15-18)24-12-11-23-10-9-22-8-7-21/h5-6,15-17H,7-14H2,1-4H3. The van der Waals surface area contributed by atoms with Crippen LogP contribution in [0.25, 0.3) is 0 Å². The Labute approximate surface area is 152 Å². The van der Waals surface area contributed by atoms with Crippen LogP contribution in [0.5, 0.6) is 5.75 Å². The smallest absolute Gasteiger partial charge is 0.122 e. The third-order valence-electron chi connectivity index (χ3n) is 3.48. The molecule has 138 valence electrons. The Bertz CT molecular complexity index is 447. The molecule has 0 bridgehead atoms. The second kappa shape index (κ2) is 12.6. The second-order valence-electron chi connectivity index (χ2n) is 6.90. The van der Waals surface area contributed by atoms with Gasteiger partial charge in [-0.15, -0.1) is 11.6 Å². The number of hydrogen-bond donors (Lipinski definition) is 0. The largest absolute Gasteiger partial charge is 0.491 e. The van der Waals surface area contributed by atoms with Crippen LogP contribution in [0.4, 0.5) is 0 Å². The lowest BCUT2D eigenvalue weighted by Gasteiger charge is -2.16. The molecule has 0 aliphatic rings. The first-order valence-corrected chi connectivity index (χ1v) is 9.52. The van der Waals surface area contributed by atoms with Gasteiger partial charge in [0.15, 0.2) is 0 Å². The number of halogens is 1. The third-order valence-corrected chi connectivity index (χ3v) is 3.64. The van der Waals surface area contributed by atoms with Crippen LogP contribution in [0, 0.1) is 11.8 Å². The first-order chi connectivity index (χ1) is 11.5. The molecule has 0 fully saturated rings. The Hall–Kier alpha value is -0.770. The van der Waals surface area contributed by atoms with Gasteiger partial charge in [-0.1, -0.05) is 39.8 Å². The van der Waals surface area contributed by atoms with E-state index in [1.807, 2.05) is 0 Å². The molecule has 1 aromatic rings. The highest BCUT2D eigenvalue weighted by molar-refractivity contribution is 6.17. The summed E-state index contributed by atoms with van der Waals surface area (Å²) in [6.07, 6.45) is 2.11.